The molecule has 0 aliphatic carbocycles. The zero-order valence-corrected chi connectivity index (χ0v) is 14.0. The van der Waals surface area contributed by atoms with E-state index in [0.717, 1.165) is 24.2 Å². The lowest BCUT2D eigenvalue weighted by Crippen LogP contribution is -2.51. The van der Waals surface area contributed by atoms with Gasteiger partial charge >= 0.3 is 6.03 Å². The highest BCUT2D eigenvalue weighted by Gasteiger charge is 2.23. The van der Waals surface area contributed by atoms with Gasteiger partial charge in [0.05, 0.1) is 0 Å². The van der Waals surface area contributed by atoms with Crippen molar-refractivity contribution in [3.8, 4) is 0 Å². The molecule has 2 N–H and O–H groups in total. The van der Waals surface area contributed by atoms with Gasteiger partial charge in [-0.1, -0.05) is 12.1 Å². The molecule has 0 spiro atoms. The summed E-state index contributed by atoms with van der Waals surface area (Å²) in [5.74, 6) is 0.180. The topological polar surface area (TPSA) is 64.7 Å². The van der Waals surface area contributed by atoms with E-state index in [-0.39, 0.29) is 11.9 Å². The Balaban J connectivity index is 1.77. The SMILES string of the molecule is CNCCCC(=O)N1CCN(C(=O)Nc2cccc(C)c2)CC1. The number of piperazine rings is 1. The van der Waals surface area contributed by atoms with Gasteiger partial charge in [-0.25, -0.2) is 4.79 Å². The number of anilines is 1. The average molecular weight is 318 g/mol. The maximum Gasteiger partial charge on any atom is 0.321 e. The number of rotatable bonds is 5. The van der Waals surface area contributed by atoms with Crippen LogP contribution in [0.5, 0.6) is 0 Å². The summed E-state index contributed by atoms with van der Waals surface area (Å²) in [5, 5.41) is 5.96. The quantitative estimate of drug-likeness (QED) is 0.812. The molecule has 6 nitrogen and oxygen atoms in total. The Labute approximate surface area is 137 Å². The summed E-state index contributed by atoms with van der Waals surface area (Å²) < 4.78 is 0. The van der Waals surface area contributed by atoms with E-state index in [1.54, 1.807) is 4.90 Å². The van der Waals surface area contributed by atoms with Gasteiger partial charge in [-0.05, 0) is 44.6 Å². The number of benzene rings is 1. The largest absolute Gasteiger partial charge is 0.339 e. The third-order valence-corrected chi connectivity index (χ3v) is 4.01. The molecule has 23 heavy (non-hydrogen) atoms. The van der Waals surface area contributed by atoms with Crippen LogP contribution < -0.4 is 10.6 Å². The summed E-state index contributed by atoms with van der Waals surface area (Å²) in [5.41, 5.74) is 1.92. The minimum absolute atomic E-state index is 0.0992. The molecule has 126 valence electrons. The van der Waals surface area contributed by atoms with Crippen molar-refractivity contribution in [1.82, 2.24) is 15.1 Å². The fourth-order valence-electron chi connectivity index (χ4n) is 2.66. The summed E-state index contributed by atoms with van der Waals surface area (Å²) in [4.78, 5) is 27.9. The van der Waals surface area contributed by atoms with Crippen LogP contribution in [0.1, 0.15) is 18.4 Å². The number of nitrogens with one attached hydrogen (secondary N) is 2. The fraction of sp³-hybridized carbons (Fsp3) is 0.529. The minimum Gasteiger partial charge on any atom is -0.339 e. The number of aryl methyl sites for hydroxylation is 1. The third kappa shape index (κ3) is 5.25. The van der Waals surface area contributed by atoms with Crippen molar-refractivity contribution >= 4 is 17.6 Å². The molecule has 0 radical (unpaired) electrons. The number of carbonyl (C=O) groups is 2. The van der Waals surface area contributed by atoms with Crippen LogP contribution in [0, 0.1) is 6.92 Å². The molecule has 0 saturated carbocycles. The van der Waals surface area contributed by atoms with Gasteiger partial charge in [0.25, 0.3) is 0 Å². The van der Waals surface area contributed by atoms with E-state index in [9.17, 15) is 9.59 Å². The van der Waals surface area contributed by atoms with Crippen molar-refractivity contribution in [1.29, 1.82) is 0 Å². The van der Waals surface area contributed by atoms with Crippen LogP contribution >= 0.6 is 0 Å². The number of hydrogen-bond acceptors (Lipinski definition) is 3. The Morgan fingerprint density at radius 3 is 2.48 bits per heavy atom. The number of carbonyl (C=O) groups excluding carboxylic acids is 2. The van der Waals surface area contributed by atoms with Crippen molar-refractivity contribution in [2.75, 3.05) is 45.1 Å². The summed E-state index contributed by atoms with van der Waals surface area (Å²) in [6, 6.07) is 7.64. The Morgan fingerprint density at radius 2 is 1.83 bits per heavy atom. The van der Waals surface area contributed by atoms with Crippen molar-refractivity contribution < 1.29 is 9.59 Å². The molecule has 1 saturated heterocycles. The van der Waals surface area contributed by atoms with E-state index in [4.69, 9.17) is 0 Å². The van der Waals surface area contributed by atoms with Gasteiger partial charge in [0.2, 0.25) is 5.91 Å². The monoisotopic (exact) mass is 318 g/mol. The number of urea groups is 1. The molecule has 1 fully saturated rings. The standard InChI is InChI=1S/C17H26N4O2/c1-14-5-3-6-15(13-14)19-17(23)21-11-9-20(10-12-21)16(22)7-4-8-18-2/h3,5-6,13,18H,4,7-12H2,1-2H3,(H,19,23). The highest BCUT2D eigenvalue weighted by molar-refractivity contribution is 5.89. The van der Waals surface area contributed by atoms with Crippen molar-refractivity contribution in [3.05, 3.63) is 29.8 Å². The van der Waals surface area contributed by atoms with Crippen molar-refractivity contribution in [3.63, 3.8) is 0 Å². The number of nitrogens with zero attached hydrogens (tertiary/aromatic N) is 2. The first-order valence-electron chi connectivity index (χ1n) is 8.15. The predicted molar refractivity (Wildman–Crippen MR) is 91.5 cm³/mol. The molecule has 1 aromatic rings. The third-order valence-electron chi connectivity index (χ3n) is 4.01. The Morgan fingerprint density at radius 1 is 1.13 bits per heavy atom. The smallest absolute Gasteiger partial charge is 0.321 e. The van der Waals surface area contributed by atoms with Crippen LogP contribution in [0.3, 0.4) is 0 Å². The van der Waals surface area contributed by atoms with Crippen LogP contribution in [-0.4, -0.2) is 61.5 Å². The summed E-state index contributed by atoms with van der Waals surface area (Å²) in [7, 11) is 1.89. The van der Waals surface area contributed by atoms with E-state index in [1.807, 2.05) is 43.1 Å². The van der Waals surface area contributed by atoms with Gasteiger partial charge in [-0.2, -0.15) is 0 Å². The second kappa shape index (κ2) is 8.53. The van der Waals surface area contributed by atoms with Gasteiger partial charge in [0.1, 0.15) is 0 Å². The van der Waals surface area contributed by atoms with Gasteiger partial charge < -0.3 is 20.4 Å². The van der Waals surface area contributed by atoms with Crippen LogP contribution in [0.15, 0.2) is 24.3 Å². The van der Waals surface area contributed by atoms with E-state index >= 15 is 0 Å². The summed E-state index contributed by atoms with van der Waals surface area (Å²) in [6.45, 7) is 5.22. The van der Waals surface area contributed by atoms with Gasteiger partial charge in [-0.15, -0.1) is 0 Å². The molecule has 6 heteroatoms. The zero-order valence-electron chi connectivity index (χ0n) is 14.0. The normalized spacial score (nSPS) is 14.7. The molecular weight excluding hydrogens is 292 g/mol. The average Bonchev–Trinajstić information content (AvgIpc) is 2.55. The molecule has 0 atom stereocenters. The second-order valence-corrected chi connectivity index (χ2v) is 5.87. The van der Waals surface area contributed by atoms with E-state index in [2.05, 4.69) is 10.6 Å². The Hall–Kier alpha value is -2.08. The molecule has 2 rings (SSSR count). The molecule has 0 unspecified atom stereocenters. The lowest BCUT2D eigenvalue weighted by atomic mass is 10.2. The van der Waals surface area contributed by atoms with Gasteiger partial charge in [-0.3, -0.25) is 4.79 Å². The Kier molecular flexibility index (Phi) is 6.40. The van der Waals surface area contributed by atoms with Crippen LogP contribution in [0.4, 0.5) is 10.5 Å². The first kappa shape index (κ1) is 17.3. The second-order valence-electron chi connectivity index (χ2n) is 5.87. The van der Waals surface area contributed by atoms with Crippen molar-refractivity contribution in [2.45, 2.75) is 19.8 Å². The molecule has 1 aromatic carbocycles. The maximum atomic E-state index is 12.3. The number of hydrogen-bond donors (Lipinski definition) is 2. The van der Waals surface area contributed by atoms with Gasteiger partial charge in [0.15, 0.2) is 0 Å². The van der Waals surface area contributed by atoms with Crippen molar-refractivity contribution in [2.24, 2.45) is 0 Å². The lowest BCUT2D eigenvalue weighted by Gasteiger charge is -2.34. The molecule has 0 aromatic heterocycles. The highest BCUT2D eigenvalue weighted by atomic mass is 16.2. The van der Waals surface area contributed by atoms with E-state index in [1.165, 1.54) is 0 Å². The molecule has 1 aliphatic rings. The maximum absolute atomic E-state index is 12.3. The first-order valence-corrected chi connectivity index (χ1v) is 8.15. The van der Waals surface area contributed by atoms with E-state index < -0.39 is 0 Å². The molecule has 1 heterocycles. The predicted octanol–water partition coefficient (Wildman–Crippen LogP) is 1.67. The summed E-state index contributed by atoms with van der Waals surface area (Å²) >= 11 is 0. The first-order chi connectivity index (χ1) is 11.1. The zero-order chi connectivity index (χ0) is 16.7. The fourth-order valence-corrected chi connectivity index (χ4v) is 2.66. The molecular formula is C17H26N4O2. The number of amides is 3. The highest BCUT2D eigenvalue weighted by Crippen LogP contribution is 2.12. The van der Waals surface area contributed by atoms with Crippen LogP contribution in [0.25, 0.3) is 0 Å². The van der Waals surface area contributed by atoms with Crippen LogP contribution in [0.2, 0.25) is 0 Å². The summed E-state index contributed by atoms with van der Waals surface area (Å²) in [6.07, 6.45) is 1.42. The lowest BCUT2D eigenvalue weighted by molar-refractivity contribution is -0.132. The molecule has 1 aliphatic heterocycles. The van der Waals surface area contributed by atoms with Gasteiger partial charge in [0, 0.05) is 38.3 Å². The molecule has 3 amide bonds. The molecule has 0 bridgehead atoms. The minimum atomic E-state index is -0.0992. The van der Waals surface area contributed by atoms with E-state index in [0.29, 0.717) is 32.6 Å². The van der Waals surface area contributed by atoms with Crippen LogP contribution in [-0.2, 0) is 4.79 Å². The Bertz CT molecular complexity index is 539.